The number of aromatic hydroxyl groups is 2. The summed E-state index contributed by atoms with van der Waals surface area (Å²) in [6.07, 6.45) is 0.403. The summed E-state index contributed by atoms with van der Waals surface area (Å²) in [6, 6.07) is 18.5. The third-order valence-electron chi connectivity index (χ3n) is 9.77. The van der Waals surface area contributed by atoms with Gasteiger partial charge in [-0.15, -0.1) is 0 Å². The maximum Gasteiger partial charge on any atom is 0.351 e. The highest BCUT2D eigenvalue weighted by Crippen LogP contribution is 2.60. The average molecular weight is 839 g/mol. The van der Waals surface area contributed by atoms with E-state index in [-0.39, 0.29) is 75.8 Å². The van der Waals surface area contributed by atoms with Gasteiger partial charge in [0.2, 0.25) is 0 Å². The summed E-state index contributed by atoms with van der Waals surface area (Å²) < 4.78 is 63.9. The first-order valence-electron chi connectivity index (χ1n) is 20.1. The highest BCUT2D eigenvalue weighted by molar-refractivity contribution is 7.54. The zero-order chi connectivity index (χ0) is 42.4. The van der Waals surface area contributed by atoms with Crippen LogP contribution in [0.1, 0.15) is 123 Å². The molecule has 8 bridgehead atoms. The molecule has 0 radical (unpaired) electrons. The van der Waals surface area contributed by atoms with E-state index in [1.807, 2.05) is 64.1 Å². The number of ether oxygens (including phenoxy) is 2. The summed E-state index contributed by atoms with van der Waals surface area (Å²) >= 11 is 0. The van der Waals surface area contributed by atoms with Crippen LogP contribution in [0.4, 0.5) is 0 Å². The molecular formula is C44H60N2O10P2. The summed E-state index contributed by atoms with van der Waals surface area (Å²) in [7, 11) is -7.63. The molecule has 14 heteroatoms. The van der Waals surface area contributed by atoms with Crippen LogP contribution in [0.5, 0.6) is 23.0 Å². The molecule has 1 aliphatic rings. The van der Waals surface area contributed by atoms with Crippen LogP contribution in [0.15, 0.2) is 60.7 Å². The van der Waals surface area contributed by atoms with Crippen molar-refractivity contribution in [1.29, 1.82) is 0 Å². The number of fused-ring (bicyclic) bond motifs is 8. The van der Waals surface area contributed by atoms with E-state index in [1.165, 1.54) is 0 Å². The number of phenolic OH excluding ortho intramolecular Hbond substituents is 2. The Morgan fingerprint density at radius 3 is 1.00 bits per heavy atom. The molecule has 6 N–H and O–H groups in total. The summed E-state index contributed by atoms with van der Waals surface area (Å²) in [5, 5.41) is 24.2. The van der Waals surface area contributed by atoms with Crippen LogP contribution in [-0.4, -0.2) is 48.8 Å². The fraction of sp³-hybridized carbons (Fsp3) is 0.455. The Balaban J connectivity index is 1.82. The molecule has 4 aromatic rings. The summed E-state index contributed by atoms with van der Waals surface area (Å²) in [6.45, 7) is 15.2. The standard InChI is InChI=1S/C44H60N2O10P2/c1-9-51-57(49,52-10-2)43(45)37-23-33-19-29-15-13-17-31(41(29)55-27(5)6)21-35-25-38(44(46)58(50,53-11-3)54-12-4)26-36(40(35)48)22-32-18-14-16-30(42(32)56-28(7)8)20-34(24-37)39(33)47/h13-18,23-28,43-44,47-48H,9-12,19-22,45-46H2,1-8H3/t43-,44-/m1/s1. The van der Waals surface area contributed by atoms with Crippen molar-refractivity contribution in [3.05, 3.63) is 116 Å². The van der Waals surface area contributed by atoms with E-state index >= 15 is 0 Å². The zero-order valence-electron chi connectivity index (χ0n) is 34.9. The molecule has 4 aromatic carbocycles. The lowest BCUT2D eigenvalue weighted by Gasteiger charge is -2.26. The number of rotatable bonds is 16. The van der Waals surface area contributed by atoms with Crippen molar-refractivity contribution < 1.29 is 46.9 Å². The van der Waals surface area contributed by atoms with E-state index in [2.05, 4.69) is 0 Å². The van der Waals surface area contributed by atoms with Gasteiger partial charge in [-0.2, -0.15) is 0 Å². The van der Waals surface area contributed by atoms with Gasteiger partial charge in [-0.25, -0.2) is 0 Å². The van der Waals surface area contributed by atoms with Gasteiger partial charge in [-0.3, -0.25) is 9.13 Å². The first-order valence-corrected chi connectivity index (χ1v) is 23.3. The largest absolute Gasteiger partial charge is 0.507 e. The fourth-order valence-corrected chi connectivity index (χ4v) is 10.6. The second kappa shape index (κ2) is 19.6. The topological polar surface area (TPSA) is 182 Å². The van der Waals surface area contributed by atoms with Crippen molar-refractivity contribution in [3.63, 3.8) is 0 Å². The maximum atomic E-state index is 14.1. The van der Waals surface area contributed by atoms with Crippen molar-refractivity contribution in [1.82, 2.24) is 0 Å². The first kappa shape index (κ1) is 45.4. The smallest absolute Gasteiger partial charge is 0.351 e. The van der Waals surface area contributed by atoms with E-state index in [4.69, 9.17) is 39.0 Å². The molecule has 316 valence electrons. The molecule has 58 heavy (non-hydrogen) atoms. The number of para-hydroxylation sites is 2. The quantitative estimate of drug-likeness (QED) is 0.0692. The van der Waals surface area contributed by atoms with Gasteiger partial charge >= 0.3 is 15.2 Å². The molecule has 1 aliphatic carbocycles. The Bertz CT molecular complexity index is 1900. The molecule has 0 unspecified atom stereocenters. The first-order chi connectivity index (χ1) is 27.6. The average Bonchev–Trinajstić information content (AvgIpc) is 3.16. The van der Waals surface area contributed by atoms with Crippen molar-refractivity contribution in [2.75, 3.05) is 26.4 Å². The highest BCUT2D eigenvalue weighted by Gasteiger charge is 2.36. The fourth-order valence-electron chi connectivity index (χ4n) is 7.36. The van der Waals surface area contributed by atoms with Gasteiger partial charge in [0.25, 0.3) is 0 Å². The van der Waals surface area contributed by atoms with Gasteiger partial charge in [0.15, 0.2) is 0 Å². The molecule has 0 fully saturated rings. The molecule has 0 amide bonds. The molecule has 0 heterocycles. The molecule has 2 atom stereocenters. The number of benzene rings is 4. The van der Waals surface area contributed by atoms with Crippen molar-refractivity contribution in [2.45, 2.75) is 105 Å². The molecule has 5 rings (SSSR count). The highest BCUT2D eigenvalue weighted by atomic mass is 31.2. The number of hydrogen-bond acceptors (Lipinski definition) is 12. The molecule has 0 aromatic heterocycles. The third-order valence-corrected chi connectivity index (χ3v) is 14.2. The normalized spacial score (nSPS) is 14.4. The lowest BCUT2D eigenvalue weighted by molar-refractivity contribution is 0.211. The summed E-state index contributed by atoms with van der Waals surface area (Å²) in [5.41, 5.74) is 19.7. The minimum atomic E-state index is -3.81. The number of hydrogen-bond donors (Lipinski definition) is 4. The van der Waals surface area contributed by atoms with Crippen molar-refractivity contribution >= 4 is 15.2 Å². The van der Waals surface area contributed by atoms with Gasteiger partial charge in [0.1, 0.15) is 34.6 Å². The van der Waals surface area contributed by atoms with Crippen LogP contribution in [0.25, 0.3) is 0 Å². The lowest BCUT2D eigenvalue weighted by Crippen LogP contribution is -2.17. The van der Waals surface area contributed by atoms with E-state index in [0.29, 0.717) is 44.9 Å². The summed E-state index contributed by atoms with van der Waals surface area (Å²) in [4.78, 5) is 0. The van der Waals surface area contributed by atoms with E-state index < -0.39 is 26.8 Å². The molecule has 0 saturated carbocycles. The third kappa shape index (κ3) is 10.2. The SMILES string of the molecule is CCOP(=O)(OCC)[C@@H](N)c1cc2c(O)c(c1)Cc1cccc(c1OC(C)C)Cc1cc([C@H](N)P(=O)(OCC)OCC)cc(c1O)Cc1cccc(c1OC(C)C)C2. The Morgan fingerprint density at radius 1 is 0.517 bits per heavy atom. The Morgan fingerprint density at radius 2 is 0.776 bits per heavy atom. The maximum absolute atomic E-state index is 14.1. The van der Waals surface area contributed by atoms with Crippen LogP contribution in [0.3, 0.4) is 0 Å². The zero-order valence-corrected chi connectivity index (χ0v) is 36.7. The summed E-state index contributed by atoms with van der Waals surface area (Å²) in [5.74, 6) is -1.000. The van der Waals surface area contributed by atoms with E-state index in [9.17, 15) is 19.3 Å². The minimum absolute atomic E-state index is 0.0574. The second-order valence-electron chi connectivity index (χ2n) is 14.9. The number of phenols is 2. The molecule has 12 nitrogen and oxygen atoms in total. The second-order valence-corrected chi connectivity index (χ2v) is 19.2. The van der Waals surface area contributed by atoms with Crippen LogP contribution < -0.4 is 20.9 Å². The Kier molecular flexibility index (Phi) is 15.3. The van der Waals surface area contributed by atoms with Crippen LogP contribution >= 0.6 is 15.2 Å². The predicted octanol–water partition coefficient (Wildman–Crippen LogP) is 9.80. The van der Waals surface area contributed by atoms with Gasteiger partial charge in [-0.1, -0.05) is 36.4 Å². The van der Waals surface area contributed by atoms with Gasteiger partial charge in [0, 0.05) is 25.7 Å². The number of nitrogens with two attached hydrogens (primary N) is 2. The minimum Gasteiger partial charge on any atom is -0.507 e. The van der Waals surface area contributed by atoms with Gasteiger partial charge in [-0.05, 0) is 135 Å². The molecule has 0 spiro atoms. The van der Waals surface area contributed by atoms with Crippen LogP contribution in [0, 0.1) is 0 Å². The monoisotopic (exact) mass is 838 g/mol. The molecular weight excluding hydrogens is 778 g/mol. The van der Waals surface area contributed by atoms with Gasteiger partial charge in [0.05, 0.1) is 38.6 Å². The molecule has 0 saturated heterocycles. The van der Waals surface area contributed by atoms with Crippen molar-refractivity contribution in [2.24, 2.45) is 11.5 Å². The predicted molar refractivity (Wildman–Crippen MR) is 227 cm³/mol. The van der Waals surface area contributed by atoms with E-state index in [1.54, 1.807) is 52.0 Å². The van der Waals surface area contributed by atoms with Crippen LogP contribution in [0.2, 0.25) is 0 Å². The Labute approximate surface area is 343 Å². The lowest BCUT2D eigenvalue weighted by atomic mass is 9.89. The van der Waals surface area contributed by atoms with Crippen LogP contribution in [-0.2, 0) is 52.9 Å². The van der Waals surface area contributed by atoms with Crippen molar-refractivity contribution in [3.8, 4) is 23.0 Å². The van der Waals surface area contributed by atoms with Gasteiger partial charge < -0.3 is 49.2 Å². The molecule has 0 aliphatic heterocycles. The van der Waals surface area contributed by atoms with E-state index in [0.717, 1.165) is 22.3 Å². The Hall–Kier alpha value is -3.70.